The molecule has 0 aliphatic heterocycles. The first-order valence-corrected chi connectivity index (χ1v) is 8.55. The van der Waals surface area contributed by atoms with Crippen molar-refractivity contribution in [2.24, 2.45) is 0 Å². The lowest BCUT2D eigenvalue weighted by atomic mass is 9.99. The zero-order chi connectivity index (χ0) is 14.7. The minimum absolute atomic E-state index is 1.12. The van der Waals surface area contributed by atoms with Crippen molar-refractivity contribution in [1.82, 2.24) is 0 Å². The van der Waals surface area contributed by atoms with Gasteiger partial charge in [0.15, 0.2) is 0 Å². The Morgan fingerprint density at radius 3 is 2.10 bits per heavy atom. The van der Waals surface area contributed by atoms with Crippen LogP contribution in [0.4, 0.5) is 0 Å². The third-order valence-corrected chi connectivity index (χ3v) is 4.65. The summed E-state index contributed by atoms with van der Waals surface area (Å²) in [6, 6.07) is 14.3. The quantitative estimate of drug-likeness (QED) is 0.523. The Morgan fingerprint density at radius 2 is 1.38 bits per heavy atom. The van der Waals surface area contributed by atoms with E-state index in [1.54, 1.807) is 0 Å². The predicted molar refractivity (Wildman–Crippen MR) is 91.9 cm³/mol. The molecule has 0 fully saturated rings. The van der Waals surface area contributed by atoms with E-state index >= 15 is 0 Å². The highest BCUT2D eigenvalue weighted by Gasteiger charge is 2.18. The van der Waals surface area contributed by atoms with Crippen LogP contribution in [0, 0.1) is 0 Å². The Hall–Kier alpha value is -1.56. The van der Waals surface area contributed by atoms with Gasteiger partial charge < -0.3 is 0 Å². The van der Waals surface area contributed by atoms with Gasteiger partial charge >= 0.3 is 0 Å². The molecule has 0 nitrogen and oxygen atoms in total. The van der Waals surface area contributed by atoms with Crippen molar-refractivity contribution < 1.29 is 0 Å². The second-order valence-electron chi connectivity index (χ2n) is 6.37. The van der Waals surface area contributed by atoms with Gasteiger partial charge in [0.25, 0.3) is 0 Å². The Kier molecular flexibility index (Phi) is 4.43. The fourth-order valence-corrected chi connectivity index (χ4v) is 3.36. The number of rotatable bonds is 6. The van der Waals surface area contributed by atoms with Crippen LogP contribution >= 0.6 is 0 Å². The van der Waals surface area contributed by atoms with Crippen LogP contribution < -0.4 is 0 Å². The molecule has 0 N–H and O–H groups in total. The lowest BCUT2D eigenvalue weighted by Crippen LogP contribution is -1.88. The van der Waals surface area contributed by atoms with Gasteiger partial charge in [-0.2, -0.15) is 0 Å². The summed E-state index contributed by atoms with van der Waals surface area (Å²) in [6.07, 6.45) is 8.70. The summed E-state index contributed by atoms with van der Waals surface area (Å²) in [5.74, 6) is 0. The van der Waals surface area contributed by atoms with Crippen LogP contribution in [-0.2, 0) is 19.3 Å². The summed E-state index contributed by atoms with van der Waals surface area (Å²) < 4.78 is 0. The van der Waals surface area contributed by atoms with Crippen LogP contribution in [0.5, 0.6) is 0 Å². The van der Waals surface area contributed by atoms with E-state index in [0.29, 0.717) is 0 Å². The van der Waals surface area contributed by atoms with E-state index in [0.717, 1.165) is 6.42 Å². The van der Waals surface area contributed by atoms with Gasteiger partial charge in [-0.15, -0.1) is 0 Å². The first-order chi connectivity index (χ1) is 10.3. The van der Waals surface area contributed by atoms with E-state index in [9.17, 15) is 0 Å². The molecule has 3 rings (SSSR count). The SMILES string of the molecule is CCCCc1ccc2c(c1)Cc1ccc(CCCC)cc1-2. The minimum Gasteiger partial charge on any atom is -0.0654 e. The molecular formula is C21H26. The van der Waals surface area contributed by atoms with Gasteiger partial charge in [0, 0.05) is 0 Å². The molecule has 0 heterocycles. The third kappa shape index (κ3) is 3.05. The first-order valence-electron chi connectivity index (χ1n) is 8.55. The van der Waals surface area contributed by atoms with Crippen molar-refractivity contribution in [2.75, 3.05) is 0 Å². The third-order valence-electron chi connectivity index (χ3n) is 4.65. The zero-order valence-corrected chi connectivity index (χ0v) is 13.4. The largest absolute Gasteiger partial charge is 0.0654 e. The Labute approximate surface area is 129 Å². The second kappa shape index (κ2) is 6.47. The standard InChI is InChI=1S/C21H26/c1-3-5-7-16-10-12-20-19(13-16)15-18-11-9-17(8-6-4-2)14-21(18)20/h9-14H,3-8,15H2,1-2H3. The monoisotopic (exact) mass is 278 g/mol. The van der Waals surface area contributed by atoms with Gasteiger partial charge in [0.2, 0.25) is 0 Å². The zero-order valence-electron chi connectivity index (χ0n) is 13.4. The van der Waals surface area contributed by atoms with Crippen LogP contribution in [0.15, 0.2) is 36.4 Å². The van der Waals surface area contributed by atoms with Crippen molar-refractivity contribution in [2.45, 2.75) is 58.8 Å². The maximum absolute atomic E-state index is 2.44. The fourth-order valence-electron chi connectivity index (χ4n) is 3.36. The van der Waals surface area contributed by atoms with E-state index < -0.39 is 0 Å². The number of hydrogen-bond donors (Lipinski definition) is 0. The summed E-state index contributed by atoms with van der Waals surface area (Å²) in [5, 5.41) is 0. The molecular weight excluding hydrogens is 252 g/mol. The highest BCUT2D eigenvalue weighted by molar-refractivity contribution is 5.77. The highest BCUT2D eigenvalue weighted by Crippen LogP contribution is 2.37. The topological polar surface area (TPSA) is 0 Å². The summed E-state index contributed by atoms with van der Waals surface area (Å²) >= 11 is 0. The molecule has 0 aromatic heterocycles. The van der Waals surface area contributed by atoms with Crippen molar-refractivity contribution in [1.29, 1.82) is 0 Å². The van der Waals surface area contributed by atoms with Gasteiger partial charge in [0.1, 0.15) is 0 Å². The average molecular weight is 278 g/mol. The van der Waals surface area contributed by atoms with Crippen molar-refractivity contribution in [3.63, 3.8) is 0 Å². The maximum Gasteiger partial charge on any atom is -0.00134 e. The van der Waals surface area contributed by atoms with Crippen LogP contribution in [0.3, 0.4) is 0 Å². The molecule has 0 bridgehead atoms. The van der Waals surface area contributed by atoms with E-state index in [1.165, 1.54) is 71.9 Å². The van der Waals surface area contributed by atoms with E-state index in [-0.39, 0.29) is 0 Å². The van der Waals surface area contributed by atoms with Gasteiger partial charge in [-0.3, -0.25) is 0 Å². The van der Waals surface area contributed by atoms with Crippen molar-refractivity contribution in [3.8, 4) is 11.1 Å². The number of benzene rings is 2. The number of fused-ring (bicyclic) bond motifs is 3. The smallest absolute Gasteiger partial charge is 0.00134 e. The molecule has 110 valence electrons. The van der Waals surface area contributed by atoms with Gasteiger partial charge in [-0.1, -0.05) is 63.1 Å². The molecule has 1 aliphatic carbocycles. The lowest BCUT2D eigenvalue weighted by molar-refractivity contribution is 0.794. The normalized spacial score (nSPS) is 12.3. The van der Waals surface area contributed by atoms with E-state index in [4.69, 9.17) is 0 Å². The first kappa shape index (κ1) is 14.4. The van der Waals surface area contributed by atoms with Gasteiger partial charge in [-0.25, -0.2) is 0 Å². The summed E-state index contributed by atoms with van der Waals surface area (Å²) in [4.78, 5) is 0. The molecule has 0 spiro atoms. The summed E-state index contributed by atoms with van der Waals surface area (Å²) in [6.45, 7) is 4.53. The molecule has 0 atom stereocenters. The molecule has 0 saturated heterocycles. The number of hydrogen-bond acceptors (Lipinski definition) is 0. The van der Waals surface area contributed by atoms with Gasteiger partial charge in [-0.05, 0) is 65.5 Å². The molecule has 2 aromatic rings. The molecule has 0 radical (unpaired) electrons. The van der Waals surface area contributed by atoms with Crippen LogP contribution in [-0.4, -0.2) is 0 Å². The maximum atomic E-state index is 2.44. The molecule has 1 aliphatic rings. The number of unbranched alkanes of at least 4 members (excludes halogenated alkanes) is 2. The van der Waals surface area contributed by atoms with E-state index in [1.807, 2.05) is 0 Å². The van der Waals surface area contributed by atoms with Crippen molar-refractivity contribution >= 4 is 0 Å². The molecule has 0 unspecified atom stereocenters. The second-order valence-corrected chi connectivity index (χ2v) is 6.37. The summed E-state index contributed by atoms with van der Waals surface area (Å²) in [7, 11) is 0. The van der Waals surface area contributed by atoms with Crippen LogP contribution in [0.25, 0.3) is 11.1 Å². The molecule has 21 heavy (non-hydrogen) atoms. The fraction of sp³-hybridized carbons (Fsp3) is 0.429. The van der Waals surface area contributed by atoms with Gasteiger partial charge in [0.05, 0.1) is 0 Å². The highest BCUT2D eigenvalue weighted by atomic mass is 14.2. The molecule has 0 saturated carbocycles. The number of aryl methyl sites for hydroxylation is 2. The average Bonchev–Trinajstić information content (AvgIpc) is 2.87. The van der Waals surface area contributed by atoms with Crippen LogP contribution in [0.2, 0.25) is 0 Å². The Morgan fingerprint density at radius 1 is 0.714 bits per heavy atom. The summed E-state index contributed by atoms with van der Waals surface area (Å²) in [5.41, 5.74) is 9.02. The van der Waals surface area contributed by atoms with Crippen molar-refractivity contribution in [3.05, 3.63) is 58.7 Å². The molecule has 0 amide bonds. The Bertz CT molecular complexity index is 622. The predicted octanol–water partition coefficient (Wildman–Crippen LogP) is 5.94. The minimum atomic E-state index is 1.12. The van der Waals surface area contributed by atoms with Crippen LogP contribution in [0.1, 0.15) is 61.8 Å². The molecule has 0 heteroatoms. The molecule has 2 aromatic carbocycles. The lowest BCUT2D eigenvalue weighted by Gasteiger charge is -2.06. The van der Waals surface area contributed by atoms with E-state index in [2.05, 4.69) is 50.2 Å². The Balaban J connectivity index is 1.86.